The van der Waals surface area contributed by atoms with Gasteiger partial charge in [0, 0.05) is 12.1 Å². The van der Waals surface area contributed by atoms with E-state index < -0.39 is 18.0 Å². The summed E-state index contributed by atoms with van der Waals surface area (Å²) >= 11 is 0. The molecule has 1 amide bonds. The molecule has 0 aromatic heterocycles. The van der Waals surface area contributed by atoms with Crippen molar-refractivity contribution in [1.29, 1.82) is 5.26 Å². The van der Waals surface area contributed by atoms with Crippen LogP contribution >= 0.6 is 12.4 Å². The Morgan fingerprint density at radius 2 is 2.08 bits per heavy atom. The number of hydrogen-bond acceptors (Lipinski definition) is 5. The molecule has 1 aromatic carbocycles. The second-order valence-corrected chi connectivity index (χ2v) is 6.03. The second kappa shape index (κ2) is 9.42. The van der Waals surface area contributed by atoms with Gasteiger partial charge in [0.15, 0.2) is 0 Å². The van der Waals surface area contributed by atoms with E-state index in [2.05, 4.69) is 15.4 Å². The third kappa shape index (κ3) is 6.71. The van der Waals surface area contributed by atoms with Crippen molar-refractivity contribution in [3.8, 4) is 6.07 Å². The van der Waals surface area contributed by atoms with Gasteiger partial charge in [0.2, 0.25) is 0 Å². The normalized spacial score (nSPS) is 11.9. The van der Waals surface area contributed by atoms with Crippen LogP contribution in [0.25, 0.3) is 0 Å². The summed E-state index contributed by atoms with van der Waals surface area (Å²) in [6.45, 7) is 7.76. The molecular formula is C16H23ClFN3O3. The molecule has 0 spiro atoms. The number of benzene rings is 1. The number of anilines is 1. The number of aliphatic hydroxyl groups excluding tert-OH is 1. The number of nitrogens with one attached hydrogen (secondary N) is 2. The van der Waals surface area contributed by atoms with Gasteiger partial charge in [0.05, 0.1) is 24.0 Å². The molecule has 1 atom stereocenters. The van der Waals surface area contributed by atoms with E-state index in [1.807, 2.05) is 26.8 Å². The van der Waals surface area contributed by atoms with Crippen molar-refractivity contribution in [1.82, 2.24) is 5.32 Å². The minimum Gasteiger partial charge on any atom is -0.450 e. The summed E-state index contributed by atoms with van der Waals surface area (Å²) in [4.78, 5) is 11.4. The Bertz CT molecular complexity index is 612. The van der Waals surface area contributed by atoms with Crippen LogP contribution in [0.3, 0.4) is 0 Å². The van der Waals surface area contributed by atoms with E-state index in [-0.39, 0.29) is 47.9 Å². The van der Waals surface area contributed by atoms with Gasteiger partial charge in [-0.1, -0.05) is 0 Å². The lowest BCUT2D eigenvalue weighted by atomic mass is 10.0. The number of halogens is 2. The highest BCUT2D eigenvalue weighted by Gasteiger charge is 2.19. The van der Waals surface area contributed by atoms with Gasteiger partial charge in [-0.15, -0.1) is 12.4 Å². The molecule has 0 aliphatic heterocycles. The van der Waals surface area contributed by atoms with Crippen LogP contribution in [0.5, 0.6) is 0 Å². The van der Waals surface area contributed by atoms with Crippen molar-refractivity contribution in [2.75, 3.05) is 18.5 Å². The lowest BCUT2D eigenvalue weighted by Crippen LogP contribution is -2.38. The van der Waals surface area contributed by atoms with Crippen LogP contribution in [0.2, 0.25) is 0 Å². The van der Waals surface area contributed by atoms with Crippen molar-refractivity contribution in [2.45, 2.75) is 39.3 Å². The van der Waals surface area contributed by atoms with E-state index in [4.69, 9.17) is 5.26 Å². The molecule has 1 unspecified atom stereocenters. The Hall–Kier alpha value is -1.88. The maximum absolute atomic E-state index is 14.2. The van der Waals surface area contributed by atoms with Crippen molar-refractivity contribution >= 4 is 24.2 Å². The number of aliphatic hydroxyl groups is 1. The van der Waals surface area contributed by atoms with Crippen LogP contribution in [-0.4, -0.2) is 29.9 Å². The van der Waals surface area contributed by atoms with Crippen LogP contribution in [0, 0.1) is 17.1 Å². The van der Waals surface area contributed by atoms with Crippen LogP contribution < -0.4 is 10.6 Å². The molecule has 0 fully saturated rings. The zero-order chi connectivity index (χ0) is 17.6. The molecule has 24 heavy (non-hydrogen) atoms. The molecular weight excluding hydrogens is 337 g/mol. The highest BCUT2D eigenvalue weighted by Crippen LogP contribution is 2.25. The van der Waals surface area contributed by atoms with Crippen LogP contribution in [0.15, 0.2) is 12.1 Å². The first-order valence-electron chi connectivity index (χ1n) is 7.28. The van der Waals surface area contributed by atoms with Crippen LogP contribution in [0.4, 0.5) is 14.9 Å². The monoisotopic (exact) mass is 359 g/mol. The summed E-state index contributed by atoms with van der Waals surface area (Å²) in [6.07, 6.45) is -1.82. The number of carbonyl (C=O) groups is 1. The Balaban J connectivity index is 0.00000529. The zero-order valence-corrected chi connectivity index (χ0v) is 15.0. The Morgan fingerprint density at radius 1 is 1.46 bits per heavy atom. The number of rotatable bonds is 5. The Kier molecular flexibility index (Phi) is 8.69. The number of nitrogens with zero attached hydrogens (tertiary/aromatic N) is 1. The molecule has 8 heteroatoms. The van der Waals surface area contributed by atoms with Gasteiger partial charge in [-0.05, 0) is 45.4 Å². The highest BCUT2D eigenvalue weighted by atomic mass is 35.5. The van der Waals surface area contributed by atoms with Crippen LogP contribution in [0.1, 0.15) is 44.9 Å². The summed E-state index contributed by atoms with van der Waals surface area (Å²) in [5.41, 5.74) is -0.290. The first kappa shape index (κ1) is 22.1. The van der Waals surface area contributed by atoms with Crippen molar-refractivity contribution in [2.24, 2.45) is 0 Å². The molecule has 1 rings (SSSR count). The first-order valence-corrected chi connectivity index (χ1v) is 7.28. The molecule has 134 valence electrons. The Morgan fingerprint density at radius 3 is 2.58 bits per heavy atom. The summed E-state index contributed by atoms with van der Waals surface area (Å²) in [6, 6.07) is 4.25. The van der Waals surface area contributed by atoms with Gasteiger partial charge in [-0.3, -0.25) is 5.32 Å². The van der Waals surface area contributed by atoms with E-state index in [9.17, 15) is 14.3 Å². The van der Waals surface area contributed by atoms with Gasteiger partial charge in [0.1, 0.15) is 11.9 Å². The number of carbonyl (C=O) groups excluding carboxylic acids is 1. The Labute approximate surface area is 147 Å². The minimum atomic E-state index is -0.979. The topological polar surface area (TPSA) is 94.4 Å². The molecule has 3 N–H and O–H groups in total. The summed E-state index contributed by atoms with van der Waals surface area (Å²) in [5.74, 6) is -0.804. The summed E-state index contributed by atoms with van der Waals surface area (Å²) in [7, 11) is 0. The molecule has 0 heterocycles. The molecule has 0 aliphatic carbocycles. The average Bonchev–Trinajstić information content (AvgIpc) is 2.46. The van der Waals surface area contributed by atoms with E-state index in [0.717, 1.165) is 6.07 Å². The SMILES string of the molecule is CCOC(=O)Nc1c(F)cc(C(O)CNC(C)(C)C)cc1C#N.Cl. The average molecular weight is 360 g/mol. The minimum absolute atomic E-state index is 0. The lowest BCUT2D eigenvalue weighted by molar-refractivity contribution is 0.163. The fraction of sp³-hybridized carbons (Fsp3) is 0.500. The molecule has 0 radical (unpaired) electrons. The van der Waals surface area contributed by atoms with Crippen molar-refractivity contribution < 1.29 is 19.0 Å². The number of nitriles is 1. The van der Waals surface area contributed by atoms with E-state index in [1.54, 1.807) is 6.92 Å². The maximum atomic E-state index is 14.2. The fourth-order valence-corrected chi connectivity index (χ4v) is 1.83. The third-order valence-corrected chi connectivity index (χ3v) is 2.95. The van der Waals surface area contributed by atoms with Crippen molar-refractivity contribution in [3.05, 3.63) is 29.1 Å². The predicted octanol–water partition coefficient (Wildman–Crippen LogP) is 3.11. The third-order valence-electron chi connectivity index (χ3n) is 2.95. The molecule has 0 saturated heterocycles. The van der Waals surface area contributed by atoms with E-state index in [1.165, 1.54) is 6.07 Å². The van der Waals surface area contributed by atoms with Gasteiger partial charge in [-0.25, -0.2) is 9.18 Å². The first-order chi connectivity index (χ1) is 10.7. The number of amides is 1. The smallest absolute Gasteiger partial charge is 0.411 e. The highest BCUT2D eigenvalue weighted by molar-refractivity contribution is 5.87. The number of hydrogen-bond donors (Lipinski definition) is 3. The van der Waals surface area contributed by atoms with Crippen molar-refractivity contribution in [3.63, 3.8) is 0 Å². The molecule has 6 nitrogen and oxygen atoms in total. The van der Waals surface area contributed by atoms with Gasteiger partial charge >= 0.3 is 6.09 Å². The lowest BCUT2D eigenvalue weighted by Gasteiger charge is -2.23. The molecule has 0 saturated carbocycles. The standard InChI is InChI=1S/C16H22FN3O3.ClH/c1-5-23-15(22)20-14-11(8-18)6-10(7-12(14)17)13(21)9-19-16(2,3)4;/h6-7,13,19,21H,5,9H2,1-4H3,(H,20,22);1H. The van der Waals surface area contributed by atoms with Gasteiger partial charge < -0.3 is 15.2 Å². The quantitative estimate of drug-likeness (QED) is 0.751. The number of β-amino-alcohol motifs (C(OH)–C–C–N with tert-alkyl or cyclic N) is 1. The second-order valence-electron chi connectivity index (χ2n) is 6.03. The summed E-state index contributed by atoms with van der Waals surface area (Å²) in [5, 5.41) is 24.6. The largest absolute Gasteiger partial charge is 0.450 e. The van der Waals surface area contributed by atoms with Crippen LogP contribution in [-0.2, 0) is 4.74 Å². The molecule has 0 aliphatic rings. The maximum Gasteiger partial charge on any atom is 0.411 e. The molecule has 0 bridgehead atoms. The fourth-order valence-electron chi connectivity index (χ4n) is 1.83. The zero-order valence-electron chi connectivity index (χ0n) is 14.1. The van der Waals surface area contributed by atoms with E-state index in [0.29, 0.717) is 0 Å². The predicted molar refractivity (Wildman–Crippen MR) is 91.7 cm³/mol. The molecule has 1 aromatic rings. The van der Waals surface area contributed by atoms with Gasteiger partial charge in [0.25, 0.3) is 0 Å². The van der Waals surface area contributed by atoms with Gasteiger partial charge in [-0.2, -0.15) is 5.26 Å². The summed E-state index contributed by atoms with van der Waals surface area (Å²) < 4.78 is 18.8. The van der Waals surface area contributed by atoms with E-state index >= 15 is 0 Å². The number of ether oxygens (including phenoxy) is 1.